The van der Waals surface area contributed by atoms with Crippen molar-refractivity contribution in [2.75, 3.05) is 7.05 Å². The Bertz CT molecular complexity index is 663. The summed E-state index contributed by atoms with van der Waals surface area (Å²) in [7, 11) is 1.76. The number of benzene rings is 1. The van der Waals surface area contributed by atoms with Gasteiger partial charge in [0, 0.05) is 36.0 Å². The number of nitrogens with zero attached hydrogens (tertiary/aromatic N) is 4. The standard InChI is InChI=1S/C15H17ClN4O/c1-11(2)19(3)14(21)7-8-20-10-17-15(18-20)12-5-4-6-13(16)9-12/h4-11H,1-3H3/b8-7-. The number of hydrogen-bond donors (Lipinski definition) is 0. The Kier molecular flexibility index (Phi) is 4.75. The molecule has 1 aromatic carbocycles. The first-order chi connectivity index (χ1) is 9.97. The molecule has 6 heteroatoms. The van der Waals surface area contributed by atoms with Gasteiger partial charge in [-0.05, 0) is 26.0 Å². The number of hydrogen-bond acceptors (Lipinski definition) is 3. The fraction of sp³-hybridized carbons (Fsp3) is 0.267. The Morgan fingerprint density at radius 2 is 2.19 bits per heavy atom. The molecule has 0 N–H and O–H groups in total. The normalized spacial score (nSPS) is 11.3. The fourth-order valence-electron chi connectivity index (χ4n) is 1.62. The van der Waals surface area contributed by atoms with Crippen LogP contribution in [0.5, 0.6) is 0 Å². The summed E-state index contributed by atoms with van der Waals surface area (Å²) < 4.78 is 1.50. The lowest BCUT2D eigenvalue weighted by Gasteiger charge is -2.19. The molecule has 0 bridgehead atoms. The van der Waals surface area contributed by atoms with Gasteiger partial charge < -0.3 is 4.90 Å². The largest absolute Gasteiger partial charge is 0.340 e. The van der Waals surface area contributed by atoms with Crippen molar-refractivity contribution in [2.24, 2.45) is 0 Å². The van der Waals surface area contributed by atoms with Crippen LogP contribution in [0.3, 0.4) is 0 Å². The van der Waals surface area contributed by atoms with Crippen molar-refractivity contribution in [3.05, 3.63) is 41.7 Å². The molecule has 0 aliphatic rings. The molecule has 0 saturated heterocycles. The molecule has 0 fully saturated rings. The maximum atomic E-state index is 11.8. The van der Waals surface area contributed by atoms with E-state index in [2.05, 4.69) is 10.1 Å². The summed E-state index contributed by atoms with van der Waals surface area (Å²) in [5.74, 6) is 0.483. The summed E-state index contributed by atoms with van der Waals surface area (Å²) in [6, 6.07) is 7.47. The van der Waals surface area contributed by atoms with Crippen LogP contribution in [0, 0.1) is 0 Å². The van der Waals surface area contributed by atoms with Gasteiger partial charge in [-0.15, -0.1) is 5.10 Å². The van der Waals surface area contributed by atoms with E-state index in [1.807, 2.05) is 26.0 Å². The quantitative estimate of drug-likeness (QED) is 0.816. The second kappa shape index (κ2) is 6.54. The second-order valence-electron chi connectivity index (χ2n) is 4.92. The van der Waals surface area contributed by atoms with Crippen molar-refractivity contribution in [3.8, 4) is 11.4 Å². The second-order valence-corrected chi connectivity index (χ2v) is 5.35. The van der Waals surface area contributed by atoms with E-state index in [1.165, 1.54) is 10.8 Å². The van der Waals surface area contributed by atoms with Crippen LogP contribution in [-0.2, 0) is 4.79 Å². The van der Waals surface area contributed by atoms with Gasteiger partial charge in [-0.1, -0.05) is 23.7 Å². The zero-order valence-electron chi connectivity index (χ0n) is 12.2. The van der Waals surface area contributed by atoms with Crippen LogP contribution in [0.15, 0.2) is 36.7 Å². The first-order valence-electron chi connectivity index (χ1n) is 6.59. The number of carbonyl (C=O) groups is 1. The number of carbonyl (C=O) groups excluding carboxylic acids is 1. The highest BCUT2D eigenvalue weighted by molar-refractivity contribution is 6.30. The van der Waals surface area contributed by atoms with E-state index >= 15 is 0 Å². The average molecular weight is 305 g/mol. The van der Waals surface area contributed by atoms with Crippen LogP contribution in [-0.4, -0.2) is 38.7 Å². The third kappa shape index (κ3) is 3.92. The predicted molar refractivity (Wildman–Crippen MR) is 83.7 cm³/mol. The van der Waals surface area contributed by atoms with Crippen molar-refractivity contribution in [1.82, 2.24) is 19.7 Å². The Labute approximate surface area is 128 Å². The van der Waals surface area contributed by atoms with Gasteiger partial charge in [0.25, 0.3) is 0 Å². The molecule has 110 valence electrons. The van der Waals surface area contributed by atoms with Crippen molar-refractivity contribution in [1.29, 1.82) is 0 Å². The van der Waals surface area contributed by atoms with Crippen LogP contribution >= 0.6 is 11.6 Å². The van der Waals surface area contributed by atoms with E-state index < -0.39 is 0 Å². The van der Waals surface area contributed by atoms with Crippen LogP contribution in [0.25, 0.3) is 17.6 Å². The summed E-state index contributed by atoms with van der Waals surface area (Å²) in [5.41, 5.74) is 0.834. The molecule has 1 aromatic heterocycles. The zero-order chi connectivity index (χ0) is 15.4. The van der Waals surface area contributed by atoms with Gasteiger partial charge in [-0.2, -0.15) is 0 Å². The van der Waals surface area contributed by atoms with Gasteiger partial charge in [0.2, 0.25) is 5.91 Å². The molecule has 1 heterocycles. The number of amides is 1. The van der Waals surface area contributed by atoms with Gasteiger partial charge in [0.1, 0.15) is 6.33 Å². The molecule has 2 aromatic rings. The molecule has 0 aliphatic heterocycles. The lowest BCUT2D eigenvalue weighted by molar-refractivity contribution is -0.126. The Morgan fingerprint density at radius 1 is 1.43 bits per heavy atom. The topological polar surface area (TPSA) is 51.0 Å². The first kappa shape index (κ1) is 15.3. The molecule has 2 rings (SSSR count). The molecule has 0 spiro atoms. The monoisotopic (exact) mass is 304 g/mol. The van der Waals surface area contributed by atoms with Gasteiger partial charge in [-0.3, -0.25) is 4.79 Å². The van der Waals surface area contributed by atoms with E-state index in [0.29, 0.717) is 10.8 Å². The van der Waals surface area contributed by atoms with Gasteiger partial charge in [-0.25, -0.2) is 9.67 Å². The minimum atomic E-state index is -0.0789. The molecule has 0 radical (unpaired) electrons. The van der Waals surface area contributed by atoms with Crippen LogP contribution in [0.4, 0.5) is 0 Å². The highest BCUT2D eigenvalue weighted by Crippen LogP contribution is 2.18. The summed E-state index contributed by atoms with van der Waals surface area (Å²) in [6.45, 7) is 3.91. The molecule has 21 heavy (non-hydrogen) atoms. The predicted octanol–water partition coefficient (Wildman–Crippen LogP) is 2.94. The molecule has 0 saturated carbocycles. The smallest absolute Gasteiger partial charge is 0.248 e. The van der Waals surface area contributed by atoms with E-state index in [-0.39, 0.29) is 11.9 Å². The van der Waals surface area contributed by atoms with Crippen LogP contribution in [0.2, 0.25) is 5.02 Å². The summed E-state index contributed by atoms with van der Waals surface area (Å²) in [6.07, 6.45) is 4.61. The number of likely N-dealkylation sites (N-methyl/N-ethyl adjacent to an activating group) is 1. The van der Waals surface area contributed by atoms with Crippen LogP contribution in [0.1, 0.15) is 13.8 Å². The van der Waals surface area contributed by atoms with Crippen molar-refractivity contribution in [3.63, 3.8) is 0 Å². The number of halogens is 1. The SMILES string of the molecule is CC(C)N(C)C(=O)/C=C\n1cnc(-c2cccc(Cl)c2)n1. The maximum Gasteiger partial charge on any atom is 0.248 e. The minimum absolute atomic E-state index is 0.0789. The van der Waals surface area contributed by atoms with Crippen molar-refractivity contribution >= 4 is 23.7 Å². The molecule has 1 amide bonds. The lowest BCUT2D eigenvalue weighted by atomic mass is 10.2. The van der Waals surface area contributed by atoms with Crippen molar-refractivity contribution in [2.45, 2.75) is 19.9 Å². The highest BCUT2D eigenvalue weighted by Gasteiger charge is 2.08. The van der Waals surface area contributed by atoms with Gasteiger partial charge in [0.15, 0.2) is 5.82 Å². The summed E-state index contributed by atoms with van der Waals surface area (Å²) >= 11 is 5.94. The molecular formula is C15H17ClN4O. The number of aromatic nitrogens is 3. The van der Waals surface area contributed by atoms with Gasteiger partial charge >= 0.3 is 0 Å². The Balaban J connectivity index is 2.12. The first-order valence-corrected chi connectivity index (χ1v) is 6.97. The van der Waals surface area contributed by atoms with E-state index in [1.54, 1.807) is 36.6 Å². The Morgan fingerprint density at radius 3 is 2.86 bits per heavy atom. The Hall–Kier alpha value is -2.14. The van der Waals surface area contributed by atoms with E-state index in [0.717, 1.165) is 5.56 Å². The fourth-order valence-corrected chi connectivity index (χ4v) is 1.81. The molecule has 0 atom stereocenters. The van der Waals surface area contributed by atoms with E-state index in [4.69, 9.17) is 11.6 Å². The van der Waals surface area contributed by atoms with Crippen LogP contribution < -0.4 is 0 Å². The molecular weight excluding hydrogens is 288 g/mol. The summed E-state index contributed by atoms with van der Waals surface area (Å²) in [5, 5.41) is 4.92. The zero-order valence-corrected chi connectivity index (χ0v) is 12.9. The maximum absolute atomic E-state index is 11.8. The lowest BCUT2D eigenvalue weighted by Crippen LogP contribution is -2.31. The third-order valence-electron chi connectivity index (χ3n) is 3.08. The highest BCUT2D eigenvalue weighted by atomic mass is 35.5. The molecule has 0 unspecified atom stereocenters. The number of rotatable bonds is 4. The minimum Gasteiger partial charge on any atom is -0.340 e. The molecule has 5 nitrogen and oxygen atoms in total. The van der Waals surface area contributed by atoms with Gasteiger partial charge in [0.05, 0.1) is 0 Å². The third-order valence-corrected chi connectivity index (χ3v) is 3.32. The van der Waals surface area contributed by atoms with Crippen molar-refractivity contribution < 1.29 is 4.79 Å². The van der Waals surface area contributed by atoms with E-state index in [9.17, 15) is 4.79 Å². The summed E-state index contributed by atoms with van der Waals surface area (Å²) in [4.78, 5) is 17.7. The average Bonchev–Trinajstić information content (AvgIpc) is 2.92. The molecule has 0 aliphatic carbocycles.